The average Bonchev–Trinajstić information content (AvgIpc) is 2.48. The van der Waals surface area contributed by atoms with E-state index in [0.717, 1.165) is 11.1 Å². The van der Waals surface area contributed by atoms with Crippen molar-refractivity contribution >= 4 is 11.9 Å². The average molecular weight is 298 g/mol. The Labute approximate surface area is 128 Å². The number of rotatable bonds is 7. The first-order chi connectivity index (χ1) is 10.6. The van der Waals surface area contributed by atoms with Crippen LogP contribution in [0.5, 0.6) is 0 Å². The van der Waals surface area contributed by atoms with Crippen molar-refractivity contribution in [1.82, 2.24) is 0 Å². The molecule has 0 radical (unpaired) electrons. The van der Waals surface area contributed by atoms with Crippen molar-refractivity contribution in [2.45, 2.75) is 6.04 Å². The molecule has 114 valence electrons. The van der Waals surface area contributed by atoms with Crippen LogP contribution in [-0.4, -0.2) is 25.0 Å². The Morgan fingerprint density at radius 1 is 0.773 bits per heavy atom. The second kappa shape index (κ2) is 7.38. The highest BCUT2D eigenvalue weighted by Crippen LogP contribution is 2.18. The van der Waals surface area contributed by atoms with Gasteiger partial charge in [-0.15, -0.1) is 0 Å². The number of carboxylic acids is 2. The molecule has 0 aliphatic carbocycles. The second-order valence-electron chi connectivity index (χ2n) is 5.01. The third kappa shape index (κ3) is 4.17. The van der Waals surface area contributed by atoms with Gasteiger partial charge in [-0.3, -0.25) is 0 Å². The van der Waals surface area contributed by atoms with Gasteiger partial charge in [-0.1, -0.05) is 60.7 Å². The van der Waals surface area contributed by atoms with Gasteiger partial charge in [0.1, 0.15) is 19.1 Å². The van der Waals surface area contributed by atoms with Crippen LogP contribution in [0.2, 0.25) is 0 Å². The lowest BCUT2D eigenvalue weighted by Gasteiger charge is -2.30. The predicted molar refractivity (Wildman–Crippen MR) is 75.4 cm³/mol. The van der Waals surface area contributed by atoms with E-state index in [9.17, 15) is 19.8 Å². The van der Waals surface area contributed by atoms with Gasteiger partial charge in [-0.05, 0) is 0 Å². The molecular formula is C17H16NO4-. The maximum Gasteiger partial charge on any atom is 0.139 e. The van der Waals surface area contributed by atoms with Crippen LogP contribution in [0.1, 0.15) is 17.2 Å². The molecule has 0 spiro atoms. The molecular weight excluding hydrogens is 282 g/mol. The maximum atomic E-state index is 11.0. The van der Waals surface area contributed by atoms with Gasteiger partial charge in [0.25, 0.3) is 0 Å². The van der Waals surface area contributed by atoms with E-state index >= 15 is 0 Å². The lowest BCUT2D eigenvalue weighted by molar-refractivity contribution is -0.914. The molecule has 0 aliphatic rings. The fourth-order valence-corrected chi connectivity index (χ4v) is 2.59. The minimum Gasteiger partial charge on any atom is -0.544 e. The summed E-state index contributed by atoms with van der Waals surface area (Å²) in [5.41, 5.74) is 1.68. The van der Waals surface area contributed by atoms with E-state index in [0.29, 0.717) is 4.90 Å². The quantitative estimate of drug-likeness (QED) is 0.651. The molecule has 0 saturated heterocycles. The van der Waals surface area contributed by atoms with Crippen molar-refractivity contribution in [3.8, 4) is 0 Å². The summed E-state index contributed by atoms with van der Waals surface area (Å²) in [6, 6.07) is 18.0. The highest BCUT2D eigenvalue weighted by Gasteiger charge is 2.26. The van der Waals surface area contributed by atoms with Crippen molar-refractivity contribution in [2.75, 3.05) is 13.1 Å². The number of carbonyl (C=O) groups excluding carboxylic acids is 2. The van der Waals surface area contributed by atoms with Gasteiger partial charge in [0.2, 0.25) is 0 Å². The van der Waals surface area contributed by atoms with E-state index in [-0.39, 0.29) is 0 Å². The zero-order valence-electron chi connectivity index (χ0n) is 11.9. The number of aliphatic carboxylic acids is 2. The number of carboxylic acid groups (broad SMARTS) is 2. The van der Waals surface area contributed by atoms with Crippen LogP contribution in [0.25, 0.3) is 0 Å². The molecule has 0 fully saturated rings. The summed E-state index contributed by atoms with van der Waals surface area (Å²) in [4.78, 5) is 22.4. The molecule has 0 heterocycles. The van der Waals surface area contributed by atoms with Gasteiger partial charge in [-0.2, -0.15) is 0 Å². The molecule has 0 amide bonds. The lowest BCUT2D eigenvalue weighted by Crippen LogP contribution is -3.15. The Hall–Kier alpha value is -2.66. The van der Waals surface area contributed by atoms with Gasteiger partial charge in [0.15, 0.2) is 0 Å². The summed E-state index contributed by atoms with van der Waals surface area (Å²) < 4.78 is 0. The molecule has 0 saturated carbocycles. The molecule has 22 heavy (non-hydrogen) atoms. The molecule has 0 bridgehead atoms. The van der Waals surface area contributed by atoms with Crippen molar-refractivity contribution in [3.05, 3.63) is 71.8 Å². The standard InChI is InChI=1S/C17H17NO4/c19-15(20)11-18(12-16(21)22)17(13-7-3-1-4-8-13)14-9-5-2-6-10-14/h1-10,17H,11-12H2,(H,19,20)(H,21,22)/p-1. The maximum absolute atomic E-state index is 11.0. The fraction of sp³-hybridized carbons (Fsp3) is 0.176. The summed E-state index contributed by atoms with van der Waals surface area (Å²) in [6.45, 7) is -0.829. The van der Waals surface area contributed by atoms with E-state index in [2.05, 4.69) is 0 Å². The monoisotopic (exact) mass is 298 g/mol. The topological polar surface area (TPSA) is 84.7 Å². The Kier molecular flexibility index (Phi) is 5.27. The van der Waals surface area contributed by atoms with Crippen molar-refractivity contribution < 1.29 is 24.7 Å². The third-order valence-electron chi connectivity index (χ3n) is 3.42. The van der Waals surface area contributed by atoms with Crippen LogP contribution in [0.3, 0.4) is 0 Å². The number of nitrogens with one attached hydrogen (secondary N) is 1. The number of hydrogen-bond acceptors (Lipinski definition) is 4. The Morgan fingerprint density at radius 2 is 1.14 bits per heavy atom. The first-order valence-electron chi connectivity index (χ1n) is 6.92. The summed E-state index contributed by atoms with van der Waals surface area (Å²) in [5, 5.41) is 22.0. The summed E-state index contributed by atoms with van der Waals surface area (Å²) in [6.07, 6.45) is 0. The first-order valence-corrected chi connectivity index (χ1v) is 6.92. The van der Waals surface area contributed by atoms with Crippen LogP contribution >= 0.6 is 0 Å². The molecule has 1 N–H and O–H groups in total. The van der Waals surface area contributed by atoms with Gasteiger partial charge in [-0.25, -0.2) is 0 Å². The predicted octanol–water partition coefficient (Wildman–Crippen LogP) is -1.84. The molecule has 0 unspecified atom stereocenters. The molecule has 0 atom stereocenters. The van der Waals surface area contributed by atoms with Gasteiger partial charge >= 0.3 is 0 Å². The van der Waals surface area contributed by atoms with Gasteiger partial charge in [0.05, 0.1) is 11.9 Å². The highest BCUT2D eigenvalue weighted by molar-refractivity contribution is 5.67. The number of quaternary nitrogens is 1. The highest BCUT2D eigenvalue weighted by atomic mass is 16.4. The minimum atomic E-state index is -1.30. The van der Waals surface area contributed by atoms with E-state index < -0.39 is 31.1 Å². The van der Waals surface area contributed by atoms with Crippen molar-refractivity contribution in [3.63, 3.8) is 0 Å². The summed E-state index contributed by atoms with van der Waals surface area (Å²) in [5.74, 6) is -2.60. The molecule has 5 nitrogen and oxygen atoms in total. The normalized spacial score (nSPS) is 10.8. The van der Waals surface area contributed by atoms with Crippen LogP contribution < -0.4 is 15.1 Å². The fourth-order valence-electron chi connectivity index (χ4n) is 2.59. The third-order valence-corrected chi connectivity index (χ3v) is 3.42. The largest absolute Gasteiger partial charge is 0.544 e. The lowest BCUT2D eigenvalue weighted by atomic mass is 9.97. The zero-order chi connectivity index (χ0) is 15.9. The van der Waals surface area contributed by atoms with Crippen LogP contribution in [0.15, 0.2) is 60.7 Å². The first kappa shape index (κ1) is 15.7. The Balaban J connectivity index is 2.45. The smallest absolute Gasteiger partial charge is 0.139 e. The zero-order valence-corrected chi connectivity index (χ0v) is 11.9. The van der Waals surface area contributed by atoms with E-state index in [1.54, 1.807) is 0 Å². The number of hydrogen-bond donors (Lipinski definition) is 1. The van der Waals surface area contributed by atoms with Crippen LogP contribution in [-0.2, 0) is 9.59 Å². The van der Waals surface area contributed by atoms with Gasteiger partial charge < -0.3 is 24.7 Å². The Morgan fingerprint density at radius 3 is 1.45 bits per heavy atom. The van der Waals surface area contributed by atoms with Gasteiger partial charge in [0, 0.05) is 11.1 Å². The van der Waals surface area contributed by atoms with Crippen molar-refractivity contribution in [2.24, 2.45) is 0 Å². The van der Waals surface area contributed by atoms with E-state index in [1.165, 1.54) is 0 Å². The summed E-state index contributed by atoms with van der Waals surface area (Å²) >= 11 is 0. The van der Waals surface area contributed by atoms with Crippen LogP contribution in [0, 0.1) is 0 Å². The molecule has 2 rings (SSSR count). The molecule has 0 aliphatic heterocycles. The van der Waals surface area contributed by atoms with Crippen molar-refractivity contribution in [1.29, 1.82) is 0 Å². The van der Waals surface area contributed by atoms with E-state index in [1.807, 2.05) is 60.7 Å². The number of carbonyl (C=O) groups is 2. The molecule has 2 aromatic rings. The molecule has 0 aromatic heterocycles. The Bertz CT molecular complexity index is 572. The minimum absolute atomic E-state index is 0.345. The molecule has 5 heteroatoms. The summed E-state index contributed by atoms with van der Waals surface area (Å²) in [7, 11) is 0. The SMILES string of the molecule is O=C([O-])C[NH+](CC(=O)[O-])C(c1ccccc1)c1ccccc1. The van der Waals surface area contributed by atoms with E-state index in [4.69, 9.17) is 0 Å². The number of benzene rings is 2. The second-order valence-corrected chi connectivity index (χ2v) is 5.01. The molecule has 2 aromatic carbocycles. The van der Waals surface area contributed by atoms with Crippen LogP contribution in [0.4, 0.5) is 0 Å².